The van der Waals surface area contributed by atoms with Crippen LogP contribution in [0.1, 0.15) is 31.2 Å². The van der Waals surface area contributed by atoms with E-state index in [0.717, 1.165) is 66.5 Å². The van der Waals surface area contributed by atoms with Crippen molar-refractivity contribution in [2.75, 3.05) is 23.8 Å². The summed E-state index contributed by atoms with van der Waals surface area (Å²) in [5.41, 5.74) is 3.74. The molecule has 0 bridgehead atoms. The van der Waals surface area contributed by atoms with E-state index < -0.39 is 17.7 Å². The Labute approximate surface area is 229 Å². The van der Waals surface area contributed by atoms with Crippen LogP contribution in [0.4, 0.5) is 25.0 Å². The van der Waals surface area contributed by atoms with Crippen molar-refractivity contribution in [3.63, 3.8) is 0 Å². The lowest BCUT2D eigenvalue weighted by Crippen LogP contribution is -2.27. The highest BCUT2D eigenvalue weighted by Crippen LogP contribution is 2.43. The van der Waals surface area contributed by atoms with Gasteiger partial charge in [-0.2, -0.15) is 5.21 Å². The standard InChI is InChI=1S/C29H28F2N6O3/c30-20-7-8-25(24(31)16-20)32-29(38)33-26-15-18(22-3-1-2-4-23(22)28-34-36-37-35-28)14-19(13-17-5-6-17)27(26)40-21-9-11-39-12-10-21/h1-4,7-8,14-17,21H,5-6,9-13H2,(H2,32,33,38)(H,34,35,36,37). The molecule has 0 radical (unpaired) electrons. The van der Waals surface area contributed by atoms with Crippen LogP contribution in [-0.4, -0.2) is 46.0 Å². The Bertz CT molecular complexity index is 1500. The van der Waals surface area contributed by atoms with Gasteiger partial charge >= 0.3 is 6.03 Å². The Morgan fingerprint density at radius 3 is 2.48 bits per heavy atom. The minimum absolute atomic E-state index is 0.0673. The van der Waals surface area contributed by atoms with Crippen molar-refractivity contribution < 1.29 is 23.0 Å². The average Bonchev–Trinajstić information content (AvgIpc) is 3.60. The second-order valence-corrected chi connectivity index (χ2v) is 10.1. The van der Waals surface area contributed by atoms with Gasteiger partial charge in [0.1, 0.15) is 23.5 Å². The Hall–Kier alpha value is -4.38. The number of urea groups is 1. The van der Waals surface area contributed by atoms with Gasteiger partial charge < -0.3 is 20.1 Å². The quantitative estimate of drug-likeness (QED) is 0.251. The molecule has 0 spiro atoms. The molecule has 9 nitrogen and oxygen atoms in total. The van der Waals surface area contributed by atoms with Gasteiger partial charge in [0.25, 0.3) is 0 Å². The zero-order valence-corrected chi connectivity index (χ0v) is 21.6. The number of amides is 2. The fourth-order valence-corrected chi connectivity index (χ4v) is 4.89. The first-order chi connectivity index (χ1) is 19.5. The van der Waals surface area contributed by atoms with Gasteiger partial charge in [-0.05, 0) is 71.3 Å². The molecule has 206 valence electrons. The summed E-state index contributed by atoms with van der Waals surface area (Å²) in [6, 6.07) is 13.9. The first-order valence-corrected chi connectivity index (χ1v) is 13.3. The number of aromatic nitrogens is 4. The molecular formula is C29H28F2N6O3. The fourth-order valence-electron chi connectivity index (χ4n) is 4.89. The van der Waals surface area contributed by atoms with Gasteiger partial charge in [-0.25, -0.2) is 13.6 Å². The van der Waals surface area contributed by atoms with E-state index in [1.165, 1.54) is 6.07 Å². The molecule has 2 fully saturated rings. The monoisotopic (exact) mass is 546 g/mol. The number of H-pyrrole nitrogens is 1. The van der Waals surface area contributed by atoms with Crippen LogP contribution in [0.2, 0.25) is 0 Å². The molecule has 0 atom stereocenters. The number of hydrogen-bond acceptors (Lipinski definition) is 6. The molecule has 3 aromatic carbocycles. The summed E-state index contributed by atoms with van der Waals surface area (Å²) in [5.74, 6) is -0.0238. The Morgan fingerprint density at radius 2 is 1.75 bits per heavy atom. The molecular weight excluding hydrogens is 518 g/mol. The minimum Gasteiger partial charge on any atom is -0.488 e. The van der Waals surface area contributed by atoms with Crippen molar-refractivity contribution in [1.82, 2.24) is 20.6 Å². The second kappa shape index (κ2) is 11.4. The maximum Gasteiger partial charge on any atom is 0.323 e. The average molecular weight is 547 g/mol. The van der Waals surface area contributed by atoms with Crippen LogP contribution in [0.25, 0.3) is 22.5 Å². The summed E-state index contributed by atoms with van der Waals surface area (Å²) in [5, 5.41) is 19.9. The van der Waals surface area contributed by atoms with Gasteiger partial charge in [0.05, 0.1) is 24.6 Å². The number of rotatable bonds is 8. The maximum absolute atomic E-state index is 14.3. The Balaban J connectivity index is 1.41. The molecule has 6 rings (SSSR count). The highest BCUT2D eigenvalue weighted by atomic mass is 19.1. The third kappa shape index (κ3) is 5.94. The number of hydrogen-bond donors (Lipinski definition) is 3. The first kappa shape index (κ1) is 25.9. The fraction of sp³-hybridized carbons (Fsp3) is 0.310. The molecule has 1 saturated heterocycles. The van der Waals surface area contributed by atoms with Gasteiger partial charge in [0, 0.05) is 24.5 Å². The van der Waals surface area contributed by atoms with Crippen molar-refractivity contribution in [1.29, 1.82) is 0 Å². The number of halogens is 2. The molecule has 4 aromatic rings. The number of ether oxygens (including phenoxy) is 2. The van der Waals surface area contributed by atoms with Crippen molar-refractivity contribution >= 4 is 17.4 Å². The highest BCUT2D eigenvalue weighted by molar-refractivity contribution is 6.01. The van der Waals surface area contributed by atoms with Crippen LogP contribution < -0.4 is 15.4 Å². The molecule has 0 unspecified atom stereocenters. The van der Waals surface area contributed by atoms with E-state index in [9.17, 15) is 13.6 Å². The van der Waals surface area contributed by atoms with E-state index in [-0.39, 0.29) is 11.8 Å². The van der Waals surface area contributed by atoms with Gasteiger partial charge in [0.15, 0.2) is 0 Å². The molecule has 2 heterocycles. The summed E-state index contributed by atoms with van der Waals surface area (Å²) < 4.78 is 39.7. The topological polar surface area (TPSA) is 114 Å². The lowest BCUT2D eigenvalue weighted by atomic mass is 9.94. The number of carbonyl (C=O) groups excluding carboxylic acids is 1. The molecule has 1 aromatic heterocycles. The van der Waals surface area contributed by atoms with Crippen molar-refractivity contribution in [2.45, 2.75) is 38.2 Å². The summed E-state index contributed by atoms with van der Waals surface area (Å²) in [6.45, 7) is 1.21. The summed E-state index contributed by atoms with van der Waals surface area (Å²) in [7, 11) is 0. The second-order valence-electron chi connectivity index (χ2n) is 10.1. The number of anilines is 2. The number of tetrazole rings is 1. The molecule has 11 heteroatoms. The van der Waals surface area contributed by atoms with Crippen molar-refractivity contribution in [2.24, 2.45) is 5.92 Å². The van der Waals surface area contributed by atoms with Crippen LogP contribution >= 0.6 is 0 Å². The smallest absolute Gasteiger partial charge is 0.323 e. The molecule has 2 aliphatic rings. The zero-order chi connectivity index (χ0) is 27.5. The number of benzene rings is 3. The van der Waals surface area contributed by atoms with Crippen LogP contribution in [0.5, 0.6) is 5.75 Å². The van der Waals surface area contributed by atoms with E-state index in [1.807, 2.05) is 30.3 Å². The lowest BCUT2D eigenvalue weighted by Gasteiger charge is -2.27. The largest absolute Gasteiger partial charge is 0.488 e. The molecule has 3 N–H and O–H groups in total. The van der Waals surface area contributed by atoms with E-state index in [1.54, 1.807) is 0 Å². The maximum atomic E-state index is 14.3. The third-order valence-electron chi connectivity index (χ3n) is 7.08. The lowest BCUT2D eigenvalue weighted by molar-refractivity contribution is 0.0254. The molecule has 1 aliphatic carbocycles. The van der Waals surface area contributed by atoms with E-state index >= 15 is 0 Å². The molecule has 40 heavy (non-hydrogen) atoms. The van der Waals surface area contributed by atoms with Crippen LogP contribution in [0.3, 0.4) is 0 Å². The van der Waals surface area contributed by atoms with E-state index in [4.69, 9.17) is 9.47 Å². The normalized spacial score (nSPS) is 15.6. The van der Waals surface area contributed by atoms with E-state index in [0.29, 0.717) is 36.4 Å². The summed E-state index contributed by atoms with van der Waals surface area (Å²) >= 11 is 0. The number of carbonyl (C=O) groups is 1. The first-order valence-electron chi connectivity index (χ1n) is 13.3. The highest BCUT2D eigenvalue weighted by Gasteiger charge is 2.28. The van der Waals surface area contributed by atoms with Crippen molar-refractivity contribution in [3.8, 4) is 28.3 Å². The van der Waals surface area contributed by atoms with Gasteiger partial charge in [0.2, 0.25) is 5.82 Å². The molecule has 1 aliphatic heterocycles. The minimum atomic E-state index is -0.869. The van der Waals surface area contributed by atoms with Crippen LogP contribution in [0, 0.1) is 17.6 Å². The van der Waals surface area contributed by atoms with Crippen molar-refractivity contribution in [3.05, 3.63) is 71.8 Å². The van der Waals surface area contributed by atoms with Gasteiger partial charge in [-0.1, -0.05) is 24.3 Å². The van der Waals surface area contributed by atoms with Crippen LogP contribution in [-0.2, 0) is 11.2 Å². The number of aromatic amines is 1. The summed E-state index contributed by atoms with van der Waals surface area (Å²) in [4.78, 5) is 13.1. The van der Waals surface area contributed by atoms with E-state index in [2.05, 4.69) is 37.3 Å². The third-order valence-corrected chi connectivity index (χ3v) is 7.08. The van der Waals surface area contributed by atoms with Gasteiger partial charge in [-0.15, -0.1) is 10.2 Å². The number of nitrogens with zero attached hydrogens (tertiary/aromatic N) is 3. The predicted octanol–water partition coefficient (Wildman–Crippen LogP) is 5.97. The predicted molar refractivity (Wildman–Crippen MR) is 145 cm³/mol. The zero-order valence-electron chi connectivity index (χ0n) is 21.6. The molecule has 1 saturated carbocycles. The number of nitrogens with one attached hydrogen (secondary N) is 3. The van der Waals surface area contributed by atoms with Gasteiger partial charge in [-0.3, -0.25) is 0 Å². The Morgan fingerprint density at radius 1 is 0.975 bits per heavy atom. The SMILES string of the molecule is O=C(Nc1ccc(F)cc1F)Nc1cc(-c2ccccc2-c2nn[nH]n2)cc(CC2CC2)c1OC1CCOCC1. The molecule has 2 amide bonds. The Kier molecular flexibility index (Phi) is 7.37. The summed E-state index contributed by atoms with van der Waals surface area (Å²) in [6.07, 6.45) is 4.46. The van der Waals surface area contributed by atoms with Crippen LogP contribution in [0.15, 0.2) is 54.6 Å².